The van der Waals surface area contributed by atoms with Crippen molar-refractivity contribution in [3.8, 4) is 5.88 Å². The highest BCUT2D eigenvalue weighted by molar-refractivity contribution is 6.03. The van der Waals surface area contributed by atoms with E-state index in [1.807, 2.05) is 38.1 Å². The van der Waals surface area contributed by atoms with Gasteiger partial charge in [0.15, 0.2) is 0 Å². The Hall–Kier alpha value is -3.16. The maximum atomic E-state index is 12.6. The summed E-state index contributed by atoms with van der Waals surface area (Å²) in [5.74, 6) is 0.728. The first-order valence-electron chi connectivity index (χ1n) is 9.24. The first kappa shape index (κ1) is 19.6. The molecule has 8 nitrogen and oxygen atoms in total. The highest BCUT2D eigenvalue weighted by atomic mass is 16.5. The number of aromatic nitrogens is 2. The van der Waals surface area contributed by atoms with Crippen LogP contribution < -0.4 is 15.8 Å². The van der Waals surface area contributed by atoms with Gasteiger partial charge in [-0.05, 0) is 30.5 Å². The maximum Gasteiger partial charge on any atom is 0.282 e. The monoisotopic (exact) mass is 383 g/mol. The molecule has 3 N–H and O–H groups in total. The summed E-state index contributed by atoms with van der Waals surface area (Å²) in [6, 6.07) is 9.63. The Morgan fingerprint density at radius 2 is 2.07 bits per heavy atom. The number of nitrogens with zero attached hydrogens (tertiary/aromatic N) is 3. The lowest BCUT2D eigenvalue weighted by atomic mass is 10.1. The molecule has 1 aromatic carbocycles. The van der Waals surface area contributed by atoms with Crippen molar-refractivity contribution in [1.82, 2.24) is 9.97 Å². The minimum Gasteiger partial charge on any atom is -0.481 e. The van der Waals surface area contributed by atoms with Crippen molar-refractivity contribution in [3.63, 3.8) is 0 Å². The van der Waals surface area contributed by atoms with Crippen LogP contribution in [0.5, 0.6) is 5.88 Å². The second-order valence-corrected chi connectivity index (χ2v) is 6.93. The Bertz CT molecular complexity index is 865. The molecule has 0 spiro atoms. The summed E-state index contributed by atoms with van der Waals surface area (Å²) in [4.78, 5) is 25.4. The van der Waals surface area contributed by atoms with E-state index in [-0.39, 0.29) is 29.6 Å². The molecule has 0 aliphatic carbocycles. The van der Waals surface area contributed by atoms with E-state index in [0.29, 0.717) is 24.0 Å². The van der Waals surface area contributed by atoms with Crippen LogP contribution in [0.1, 0.15) is 48.1 Å². The zero-order valence-corrected chi connectivity index (χ0v) is 16.3. The number of nitrogens with one attached hydrogen (secondary N) is 1. The number of methoxy groups -OCH3 is 1. The van der Waals surface area contributed by atoms with E-state index in [4.69, 9.17) is 15.2 Å². The molecule has 0 radical (unpaired) electrons. The predicted molar refractivity (Wildman–Crippen MR) is 107 cm³/mol. The quantitative estimate of drug-likeness (QED) is 0.760. The van der Waals surface area contributed by atoms with Gasteiger partial charge in [0, 0.05) is 17.7 Å². The number of carbonyl (C=O) groups is 1. The van der Waals surface area contributed by atoms with Gasteiger partial charge in [-0.1, -0.05) is 26.0 Å². The Morgan fingerprint density at radius 1 is 1.32 bits per heavy atom. The highest BCUT2D eigenvalue weighted by Gasteiger charge is 2.17. The van der Waals surface area contributed by atoms with Crippen LogP contribution >= 0.6 is 0 Å². The number of nitrogens with two attached hydrogens (primary N) is 1. The van der Waals surface area contributed by atoms with Gasteiger partial charge in [-0.15, -0.1) is 0 Å². The van der Waals surface area contributed by atoms with Gasteiger partial charge in [0.25, 0.3) is 11.9 Å². The molecule has 3 rings (SSSR count). The normalized spacial score (nSPS) is 15.9. The molecule has 1 unspecified atom stereocenters. The van der Waals surface area contributed by atoms with Crippen LogP contribution in [0.25, 0.3) is 0 Å². The van der Waals surface area contributed by atoms with Crippen LogP contribution in [0.4, 0.5) is 5.69 Å². The largest absolute Gasteiger partial charge is 0.481 e. The smallest absolute Gasteiger partial charge is 0.282 e. The van der Waals surface area contributed by atoms with Crippen LogP contribution in [-0.4, -0.2) is 41.7 Å². The van der Waals surface area contributed by atoms with Crippen LogP contribution in [0.3, 0.4) is 0 Å². The molecule has 1 aromatic heterocycles. The van der Waals surface area contributed by atoms with Crippen molar-refractivity contribution < 1.29 is 14.3 Å². The summed E-state index contributed by atoms with van der Waals surface area (Å²) in [5.41, 5.74) is 7.65. The lowest BCUT2D eigenvalue weighted by molar-refractivity contribution is 0.102. The molecule has 2 heterocycles. The standard InChI is InChI=1S/C20H25N5O3/c1-12(2)18-24-16(10-17(25-18)27-3)19(26)22-14-7-4-13(5-8-14)6-9-15-11-28-20(21)23-15/h4-5,7-8,10,12,15H,6,9,11H2,1-3H3,(H2,21,23)(H,22,26). The van der Waals surface area contributed by atoms with E-state index < -0.39 is 0 Å². The lowest BCUT2D eigenvalue weighted by Gasteiger charge is -2.10. The first-order chi connectivity index (χ1) is 13.4. The number of hydrogen-bond donors (Lipinski definition) is 2. The minimum absolute atomic E-state index is 0.0888. The van der Waals surface area contributed by atoms with Gasteiger partial charge in [0.05, 0.1) is 13.2 Å². The third-order valence-corrected chi connectivity index (χ3v) is 4.39. The molecule has 28 heavy (non-hydrogen) atoms. The fourth-order valence-corrected chi connectivity index (χ4v) is 2.79. The van der Waals surface area contributed by atoms with E-state index in [1.165, 1.54) is 13.2 Å². The van der Waals surface area contributed by atoms with Crippen molar-refractivity contribution in [2.75, 3.05) is 19.0 Å². The molecule has 1 atom stereocenters. The number of anilines is 1. The predicted octanol–water partition coefficient (Wildman–Crippen LogP) is 2.51. The van der Waals surface area contributed by atoms with Crippen molar-refractivity contribution in [2.24, 2.45) is 10.7 Å². The number of ether oxygens (including phenoxy) is 2. The second kappa shape index (κ2) is 8.69. The molecular formula is C20H25N5O3. The van der Waals surface area contributed by atoms with Gasteiger partial charge in [-0.25, -0.2) is 9.98 Å². The number of hydrogen-bond acceptors (Lipinski definition) is 7. The highest BCUT2D eigenvalue weighted by Crippen LogP contribution is 2.18. The lowest BCUT2D eigenvalue weighted by Crippen LogP contribution is -2.16. The summed E-state index contributed by atoms with van der Waals surface area (Å²) in [7, 11) is 1.52. The number of amidine groups is 1. The summed E-state index contributed by atoms with van der Waals surface area (Å²) >= 11 is 0. The SMILES string of the molecule is COc1cc(C(=O)Nc2ccc(CCC3COC(N)=N3)cc2)nc(C(C)C)n1. The third-order valence-electron chi connectivity index (χ3n) is 4.39. The average molecular weight is 383 g/mol. The molecule has 1 amide bonds. The second-order valence-electron chi connectivity index (χ2n) is 6.93. The van der Waals surface area contributed by atoms with Crippen LogP contribution in [-0.2, 0) is 11.2 Å². The molecule has 148 valence electrons. The van der Waals surface area contributed by atoms with Crippen LogP contribution in [0.2, 0.25) is 0 Å². The van der Waals surface area contributed by atoms with Gasteiger partial charge in [-0.2, -0.15) is 4.98 Å². The third kappa shape index (κ3) is 4.97. The summed E-state index contributed by atoms with van der Waals surface area (Å²) in [6.07, 6.45) is 1.73. The molecule has 1 aliphatic heterocycles. The fraction of sp³-hybridized carbons (Fsp3) is 0.400. The molecule has 1 aliphatic rings. The van der Waals surface area contributed by atoms with E-state index in [9.17, 15) is 4.79 Å². The zero-order valence-electron chi connectivity index (χ0n) is 16.3. The van der Waals surface area contributed by atoms with Gasteiger partial charge in [-0.3, -0.25) is 4.79 Å². The molecular weight excluding hydrogens is 358 g/mol. The van der Waals surface area contributed by atoms with Gasteiger partial charge < -0.3 is 20.5 Å². The molecule has 0 saturated carbocycles. The maximum absolute atomic E-state index is 12.6. The summed E-state index contributed by atoms with van der Waals surface area (Å²) in [5, 5.41) is 2.86. The van der Waals surface area contributed by atoms with Gasteiger partial charge in [0.1, 0.15) is 18.1 Å². The number of benzene rings is 1. The topological polar surface area (TPSA) is 112 Å². The van der Waals surface area contributed by atoms with E-state index in [1.54, 1.807) is 0 Å². The Labute approximate surface area is 164 Å². The summed E-state index contributed by atoms with van der Waals surface area (Å²) in [6.45, 7) is 4.47. The van der Waals surface area contributed by atoms with E-state index in [2.05, 4.69) is 20.3 Å². The van der Waals surface area contributed by atoms with Crippen molar-refractivity contribution >= 4 is 17.6 Å². The number of rotatable bonds is 7. The zero-order chi connectivity index (χ0) is 20.1. The number of aryl methyl sites for hydroxylation is 1. The van der Waals surface area contributed by atoms with Crippen molar-refractivity contribution in [3.05, 3.63) is 47.4 Å². The van der Waals surface area contributed by atoms with Crippen molar-refractivity contribution in [2.45, 2.75) is 38.6 Å². The number of amides is 1. The van der Waals surface area contributed by atoms with Gasteiger partial charge >= 0.3 is 0 Å². The molecule has 8 heteroatoms. The van der Waals surface area contributed by atoms with Crippen LogP contribution in [0, 0.1) is 0 Å². The molecule has 0 bridgehead atoms. The van der Waals surface area contributed by atoms with Crippen LogP contribution in [0.15, 0.2) is 35.3 Å². The Kier molecular flexibility index (Phi) is 6.08. The molecule has 0 fully saturated rings. The average Bonchev–Trinajstić information content (AvgIpc) is 3.12. The van der Waals surface area contributed by atoms with Crippen molar-refractivity contribution in [1.29, 1.82) is 0 Å². The van der Waals surface area contributed by atoms with E-state index in [0.717, 1.165) is 18.4 Å². The molecule has 2 aromatic rings. The van der Waals surface area contributed by atoms with E-state index >= 15 is 0 Å². The first-order valence-corrected chi connectivity index (χ1v) is 9.24. The Balaban J connectivity index is 1.62. The molecule has 0 saturated heterocycles. The number of carbonyl (C=O) groups excluding carboxylic acids is 1. The Morgan fingerprint density at radius 3 is 2.68 bits per heavy atom. The summed E-state index contributed by atoms with van der Waals surface area (Å²) < 4.78 is 10.3. The number of aliphatic imine (C=N–C) groups is 1. The van der Waals surface area contributed by atoms with Gasteiger partial charge in [0.2, 0.25) is 5.88 Å². The fourth-order valence-electron chi connectivity index (χ4n) is 2.79. The minimum atomic E-state index is -0.303.